The number of hydrogen-bond acceptors (Lipinski definition) is 4. The molecule has 0 fully saturated rings. The summed E-state index contributed by atoms with van der Waals surface area (Å²) >= 11 is 0. The number of nitrogens with one attached hydrogen (secondary N) is 1. The van der Waals surface area contributed by atoms with Crippen molar-refractivity contribution in [2.75, 3.05) is 12.4 Å². The van der Waals surface area contributed by atoms with Gasteiger partial charge in [-0.2, -0.15) is 0 Å². The molecule has 0 unspecified atom stereocenters. The van der Waals surface area contributed by atoms with Crippen LogP contribution in [0.5, 0.6) is 0 Å². The Bertz CT molecular complexity index is 537. The molecule has 4 heteroatoms. The molecular weight excluding hydrogens is 224 g/mol. The first-order chi connectivity index (χ1) is 8.77. The highest BCUT2D eigenvalue weighted by molar-refractivity contribution is 5.70. The van der Waals surface area contributed by atoms with E-state index in [2.05, 4.69) is 34.1 Å². The summed E-state index contributed by atoms with van der Waals surface area (Å²) in [5.74, 6) is 0.908. The normalized spacial score (nSPS) is 10.4. The summed E-state index contributed by atoms with van der Waals surface area (Å²) in [6.45, 7) is 4.24. The van der Waals surface area contributed by atoms with Crippen LogP contribution < -0.4 is 5.32 Å². The average molecular weight is 242 g/mol. The van der Waals surface area contributed by atoms with Gasteiger partial charge in [0.25, 0.3) is 0 Å². The van der Waals surface area contributed by atoms with E-state index >= 15 is 0 Å². The Morgan fingerprint density at radius 2 is 2.11 bits per heavy atom. The van der Waals surface area contributed by atoms with E-state index in [1.54, 1.807) is 12.5 Å². The highest BCUT2D eigenvalue weighted by atomic mass is 15.0. The van der Waals surface area contributed by atoms with Crippen LogP contribution in [0.3, 0.4) is 0 Å². The monoisotopic (exact) mass is 242 g/mol. The van der Waals surface area contributed by atoms with Crippen LogP contribution >= 0.6 is 0 Å². The summed E-state index contributed by atoms with van der Waals surface area (Å²) in [7, 11) is 1.89. The number of aryl methyl sites for hydroxylation is 1. The third-order valence-corrected chi connectivity index (χ3v) is 2.98. The average Bonchev–Trinajstić information content (AvgIpc) is 2.40. The van der Waals surface area contributed by atoms with Crippen LogP contribution in [0.25, 0.3) is 11.3 Å². The van der Waals surface area contributed by atoms with Crippen LogP contribution in [0.1, 0.15) is 24.5 Å². The standard InChI is InChI=1S/C14H18N4/c1-4-5-11-13(17-9-18-14(11)15-3)12-8-16-7-6-10(12)2/h6-9H,4-5H2,1-3H3,(H,15,17,18). The second kappa shape index (κ2) is 5.58. The highest BCUT2D eigenvalue weighted by Gasteiger charge is 2.13. The van der Waals surface area contributed by atoms with Crippen LogP contribution in [-0.4, -0.2) is 22.0 Å². The van der Waals surface area contributed by atoms with Gasteiger partial charge >= 0.3 is 0 Å². The molecule has 0 saturated heterocycles. The predicted octanol–water partition coefficient (Wildman–Crippen LogP) is 2.84. The van der Waals surface area contributed by atoms with Crippen LogP contribution in [0, 0.1) is 6.92 Å². The minimum Gasteiger partial charge on any atom is -0.373 e. The van der Waals surface area contributed by atoms with Gasteiger partial charge in [-0.3, -0.25) is 4.98 Å². The van der Waals surface area contributed by atoms with Gasteiger partial charge in [0, 0.05) is 30.6 Å². The lowest BCUT2D eigenvalue weighted by atomic mass is 10.0. The summed E-state index contributed by atoms with van der Waals surface area (Å²) in [6, 6.07) is 2.01. The molecule has 2 aromatic heterocycles. The smallest absolute Gasteiger partial charge is 0.132 e. The van der Waals surface area contributed by atoms with E-state index in [1.807, 2.05) is 19.3 Å². The number of rotatable bonds is 4. The maximum absolute atomic E-state index is 4.45. The lowest BCUT2D eigenvalue weighted by Crippen LogP contribution is -2.03. The molecule has 2 heterocycles. The lowest BCUT2D eigenvalue weighted by Gasteiger charge is -2.13. The van der Waals surface area contributed by atoms with E-state index in [4.69, 9.17) is 0 Å². The van der Waals surface area contributed by atoms with E-state index in [0.717, 1.165) is 29.9 Å². The van der Waals surface area contributed by atoms with Crippen molar-refractivity contribution in [1.82, 2.24) is 15.0 Å². The van der Waals surface area contributed by atoms with E-state index in [-0.39, 0.29) is 0 Å². The summed E-state index contributed by atoms with van der Waals surface area (Å²) in [6.07, 6.45) is 7.30. The Labute approximate surface area is 108 Å². The van der Waals surface area contributed by atoms with Crippen molar-refractivity contribution in [2.24, 2.45) is 0 Å². The summed E-state index contributed by atoms with van der Waals surface area (Å²) in [5, 5.41) is 3.14. The fraction of sp³-hybridized carbons (Fsp3) is 0.357. The molecule has 1 N–H and O–H groups in total. The zero-order chi connectivity index (χ0) is 13.0. The van der Waals surface area contributed by atoms with Crippen molar-refractivity contribution in [1.29, 1.82) is 0 Å². The number of pyridine rings is 1. The minimum atomic E-state index is 0.908. The van der Waals surface area contributed by atoms with Gasteiger partial charge in [0.05, 0.1) is 5.69 Å². The fourth-order valence-corrected chi connectivity index (χ4v) is 2.06. The number of anilines is 1. The number of hydrogen-bond donors (Lipinski definition) is 1. The van der Waals surface area contributed by atoms with Gasteiger partial charge in [0.1, 0.15) is 12.1 Å². The van der Waals surface area contributed by atoms with Gasteiger partial charge in [0.15, 0.2) is 0 Å². The third-order valence-electron chi connectivity index (χ3n) is 2.98. The molecule has 94 valence electrons. The largest absolute Gasteiger partial charge is 0.373 e. The summed E-state index contributed by atoms with van der Waals surface area (Å²) in [4.78, 5) is 12.9. The molecule has 0 spiro atoms. The van der Waals surface area contributed by atoms with Crippen molar-refractivity contribution >= 4 is 5.82 Å². The molecule has 0 amide bonds. The predicted molar refractivity (Wildman–Crippen MR) is 73.5 cm³/mol. The van der Waals surface area contributed by atoms with Crippen molar-refractivity contribution in [2.45, 2.75) is 26.7 Å². The second-order valence-electron chi connectivity index (χ2n) is 4.24. The first kappa shape index (κ1) is 12.5. The molecular formula is C14H18N4. The molecule has 0 aliphatic rings. The van der Waals surface area contributed by atoms with Crippen molar-refractivity contribution in [3.05, 3.63) is 35.9 Å². The van der Waals surface area contributed by atoms with Gasteiger partial charge in [0.2, 0.25) is 0 Å². The van der Waals surface area contributed by atoms with E-state index < -0.39 is 0 Å². The topological polar surface area (TPSA) is 50.7 Å². The van der Waals surface area contributed by atoms with E-state index in [9.17, 15) is 0 Å². The van der Waals surface area contributed by atoms with Gasteiger partial charge in [-0.05, 0) is 25.0 Å². The number of aromatic nitrogens is 3. The first-order valence-electron chi connectivity index (χ1n) is 6.20. The van der Waals surface area contributed by atoms with Crippen LogP contribution in [-0.2, 0) is 6.42 Å². The Kier molecular flexibility index (Phi) is 3.87. The maximum Gasteiger partial charge on any atom is 0.132 e. The molecule has 0 aliphatic carbocycles. The Morgan fingerprint density at radius 3 is 2.78 bits per heavy atom. The molecule has 0 aliphatic heterocycles. The molecule has 18 heavy (non-hydrogen) atoms. The van der Waals surface area contributed by atoms with Gasteiger partial charge in [-0.25, -0.2) is 9.97 Å². The molecule has 0 atom stereocenters. The molecule has 0 aromatic carbocycles. The van der Waals surface area contributed by atoms with Crippen LogP contribution in [0.2, 0.25) is 0 Å². The molecule has 2 rings (SSSR count). The van der Waals surface area contributed by atoms with Crippen molar-refractivity contribution in [3.8, 4) is 11.3 Å². The summed E-state index contributed by atoms with van der Waals surface area (Å²) in [5.41, 5.74) is 4.42. The van der Waals surface area contributed by atoms with Crippen molar-refractivity contribution < 1.29 is 0 Å². The molecule has 4 nitrogen and oxygen atoms in total. The Morgan fingerprint density at radius 1 is 1.28 bits per heavy atom. The molecule has 0 radical (unpaired) electrons. The Hall–Kier alpha value is -1.97. The zero-order valence-corrected chi connectivity index (χ0v) is 11.1. The van der Waals surface area contributed by atoms with Gasteiger partial charge in [-0.1, -0.05) is 13.3 Å². The lowest BCUT2D eigenvalue weighted by molar-refractivity contribution is 0.905. The van der Waals surface area contributed by atoms with Gasteiger partial charge < -0.3 is 5.32 Å². The second-order valence-corrected chi connectivity index (χ2v) is 4.24. The van der Waals surface area contributed by atoms with Crippen LogP contribution in [0.4, 0.5) is 5.82 Å². The molecule has 0 bridgehead atoms. The minimum absolute atomic E-state index is 0.908. The third kappa shape index (κ3) is 2.32. The Balaban J connectivity index is 2.60. The number of nitrogens with zero attached hydrogens (tertiary/aromatic N) is 3. The SMILES string of the molecule is CCCc1c(NC)ncnc1-c1cnccc1C. The van der Waals surface area contributed by atoms with Crippen molar-refractivity contribution in [3.63, 3.8) is 0 Å². The first-order valence-corrected chi connectivity index (χ1v) is 6.20. The fourth-order valence-electron chi connectivity index (χ4n) is 2.06. The zero-order valence-electron chi connectivity index (χ0n) is 11.1. The maximum atomic E-state index is 4.45. The summed E-state index contributed by atoms with van der Waals surface area (Å²) < 4.78 is 0. The van der Waals surface area contributed by atoms with Gasteiger partial charge in [-0.15, -0.1) is 0 Å². The molecule has 0 saturated carbocycles. The van der Waals surface area contributed by atoms with E-state index in [1.165, 1.54) is 11.1 Å². The molecule has 2 aromatic rings. The van der Waals surface area contributed by atoms with E-state index in [0.29, 0.717) is 0 Å². The highest BCUT2D eigenvalue weighted by Crippen LogP contribution is 2.28. The quantitative estimate of drug-likeness (QED) is 0.895. The van der Waals surface area contributed by atoms with Crippen LogP contribution in [0.15, 0.2) is 24.8 Å².